The van der Waals surface area contributed by atoms with Gasteiger partial charge in [-0.1, -0.05) is 5.21 Å². The maximum Gasteiger partial charge on any atom is 0.142 e. The first-order valence-electron chi connectivity index (χ1n) is 6.83. The summed E-state index contributed by atoms with van der Waals surface area (Å²) in [7, 11) is 0. The second-order valence-electron chi connectivity index (χ2n) is 5.43. The van der Waals surface area contributed by atoms with Crippen LogP contribution in [0.5, 0.6) is 0 Å². The number of aliphatic hydroxyl groups is 1. The molecule has 0 bridgehead atoms. The van der Waals surface area contributed by atoms with E-state index in [9.17, 15) is 5.11 Å². The molecule has 0 spiro atoms. The van der Waals surface area contributed by atoms with Crippen LogP contribution < -0.4 is 4.90 Å². The number of H-pyrrole nitrogens is 1. The van der Waals surface area contributed by atoms with Crippen molar-refractivity contribution < 1.29 is 5.11 Å². The lowest BCUT2D eigenvalue weighted by atomic mass is 10.0. The minimum atomic E-state index is -0.818. The molecule has 1 atom stereocenters. The lowest BCUT2D eigenvalue weighted by Crippen LogP contribution is -2.38. The lowest BCUT2D eigenvalue weighted by molar-refractivity contribution is 0.0408. The smallest absolute Gasteiger partial charge is 0.142 e. The predicted molar refractivity (Wildman–Crippen MR) is 75.7 cm³/mol. The number of nitrogens with one attached hydrogen (secondary N) is 1. The Labute approximate surface area is 120 Å². The Hall–Kier alpha value is -2.48. The Kier molecular flexibility index (Phi) is 2.64. The second-order valence-corrected chi connectivity index (χ2v) is 5.43. The Morgan fingerprint density at radius 2 is 2.33 bits per heavy atom. The molecule has 0 aromatic carbocycles. The van der Waals surface area contributed by atoms with Gasteiger partial charge in [0.25, 0.3) is 0 Å². The second kappa shape index (κ2) is 4.52. The summed E-state index contributed by atoms with van der Waals surface area (Å²) in [6.07, 6.45) is 7.44. The van der Waals surface area contributed by atoms with E-state index in [0.29, 0.717) is 19.5 Å². The fourth-order valence-corrected chi connectivity index (χ4v) is 2.90. The van der Waals surface area contributed by atoms with Crippen molar-refractivity contribution >= 4 is 16.9 Å². The van der Waals surface area contributed by atoms with Crippen LogP contribution in [0.4, 0.5) is 5.82 Å². The van der Waals surface area contributed by atoms with Crippen LogP contribution >= 0.6 is 0 Å². The van der Waals surface area contributed by atoms with Crippen LogP contribution in [0, 0.1) is 0 Å². The molecule has 8 nitrogen and oxygen atoms in total. The van der Waals surface area contributed by atoms with Crippen LogP contribution in [0.3, 0.4) is 0 Å². The average molecular weight is 285 g/mol. The molecule has 108 valence electrons. The Balaban J connectivity index is 1.60. The minimum Gasteiger partial charge on any atom is -0.386 e. The van der Waals surface area contributed by atoms with Crippen molar-refractivity contribution in [2.75, 3.05) is 18.0 Å². The van der Waals surface area contributed by atoms with Gasteiger partial charge in [0.15, 0.2) is 0 Å². The molecule has 0 saturated carbocycles. The summed E-state index contributed by atoms with van der Waals surface area (Å²) in [6, 6.07) is 1.96. The van der Waals surface area contributed by atoms with E-state index in [4.69, 9.17) is 0 Å². The Morgan fingerprint density at radius 1 is 1.38 bits per heavy atom. The number of aromatic nitrogens is 6. The van der Waals surface area contributed by atoms with Crippen molar-refractivity contribution in [1.82, 2.24) is 29.9 Å². The quantitative estimate of drug-likeness (QED) is 0.713. The van der Waals surface area contributed by atoms with Crippen LogP contribution in [-0.2, 0) is 6.54 Å². The highest BCUT2D eigenvalue weighted by Gasteiger charge is 2.37. The molecule has 0 amide bonds. The van der Waals surface area contributed by atoms with Crippen molar-refractivity contribution in [3.05, 3.63) is 31.0 Å². The maximum atomic E-state index is 10.7. The van der Waals surface area contributed by atoms with E-state index in [1.165, 1.54) is 0 Å². The van der Waals surface area contributed by atoms with E-state index in [0.717, 1.165) is 23.4 Å². The third-order valence-corrected chi connectivity index (χ3v) is 3.89. The number of β-amino-alcohol motifs (C(OH)–C–C–N with tert-alkyl or cyclic N) is 1. The zero-order valence-corrected chi connectivity index (χ0v) is 11.3. The fourth-order valence-electron chi connectivity index (χ4n) is 2.90. The van der Waals surface area contributed by atoms with E-state index in [1.54, 1.807) is 23.4 Å². The summed E-state index contributed by atoms with van der Waals surface area (Å²) in [4.78, 5) is 13.7. The SMILES string of the molecule is OC1(Cn2ccnn2)CCN(c2ncnc3[nH]ccc23)C1. The normalized spacial score (nSPS) is 22.2. The van der Waals surface area contributed by atoms with E-state index in [2.05, 4.69) is 30.2 Å². The monoisotopic (exact) mass is 285 g/mol. The molecule has 1 unspecified atom stereocenters. The highest BCUT2D eigenvalue weighted by molar-refractivity contribution is 5.87. The molecular weight excluding hydrogens is 270 g/mol. The molecule has 4 rings (SSSR count). The summed E-state index contributed by atoms with van der Waals surface area (Å²) in [5.41, 5.74) is -0.00640. The topological polar surface area (TPSA) is 95.8 Å². The molecule has 1 aliphatic rings. The first-order chi connectivity index (χ1) is 10.2. The zero-order chi connectivity index (χ0) is 14.3. The first kappa shape index (κ1) is 12.3. The highest BCUT2D eigenvalue weighted by Crippen LogP contribution is 2.30. The maximum absolute atomic E-state index is 10.7. The summed E-state index contributed by atoms with van der Waals surface area (Å²) >= 11 is 0. The molecule has 0 radical (unpaired) electrons. The van der Waals surface area contributed by atoms with Gasteiger partial charge in [0.05, 0.1) is 24.7 Å². The van der Waals surface area contributed by atoms with Gasteiger partial charge in [-0.05, 0) is 12.5 Å². The molecule has 2 N–H and O–H groups in total. The Bertz CT molecular complexity index is 753. The van der Waals surface area contributed by atoms with Crippen molar-refractivity contribution in [2.24, 2.45) is 0 Å². The number of nitrogens with zero attached hydrogens (tertiary/aromatic N) is 6. The van der Waals surface area contributed by atoms with Crippen LogP contribution in [-0.4, -0.2) is 53.7 Å². The van der Waals surface area contributed by atoms with E-state index < -0.39 is 5.60 Å². The third-order valence-electron chi connectivity index (χ3n) is 3.89. The number of hydrogen-bond donors (Lipinski definition) is 2. The zero-order valence-electron chi connectivity index (χ0n) is 11.3. The predicted octanol–water partition coefficient (Wildman–Crippen LogP) is 0.191. The van der Waals surface area contributed by atoms with E-state index in [-0.39, 0.29) is 0 Å². The van der Waals surface area contributed by atoms with Crippen LogP contribution in [0.25, 0.3) is 11.0 Å². The highest BCUT2D eigenvalue weighted by atomic mass is 16.3. The molecule has 21 heavy (non-hydrogen) atoms. The number of aromatic amines is 1. The van der Waals surface area contributed by atoms with Gasteiger partial charge in [-0.15, -0.1) is 5.10 Å². The largest absolute Gasteiger partial charge is 0.386 e. The molecule has 1 aliphatic heterocycles. The minimum absolute atomic E-state index is 0.435. The standard InChI is InChI=1S/C13H15N7O/c21-13(8-20-6-4-17-18-20)2-5-19(7-13)12-10-1-3-14-11(10)15-9-16-12/h1,3-4,6,9,21H,2,5,7-8H2,(H,14,15,16). The molecule has 1 saturated heterocycles. The van der Waals surface area contributed by atoms with E-state index >= 15 is 0 Å². The van der Waals surface area contributed by atoms with Crippen molar-refractivity contribution in [3.63, 3.8) is 0 Å². The van der Waals surface area contributed by atoms with Gasteiger partial charge >= 0.3 is 0 Å². The first-order valence-corrected chi connectivity index (χ1v) is 6.83. The molecule has 1 fully saturated rings. The number of fused-ring (bicyclic) bond motifs is 1. The molecule has 3 aromatic heterocycles. The number of rotatable bonds is 3. The van der Waals surface area contributed by atoms with Crippen molar-refractivity contribution in [3.8, 4) is 0 Å². The van der Waals surface area contributed by atoms with Gasteiger partial charge in [0.1, 0.15) is 23.4 Å². The Morgan fingerprint density at radius 3 is 3.19 bits per heavy atom. The number of hydrogen-bond acceptors (Lipinski definition) is 6. The van der Waals surface area contributed by atoms with Gasteiger partial charge in [-0.3, -0.25) is 0 Å². The van der Waals surface area contributed by atoms with Gasteiger partial charge < -0.3 is 15.0 Å². The molecule has 3 aromatic rings. The average Bonchev–Trinajstić information content (AvgIpc) is 3.19. The van der Waals surface area contributed by atoms with Crippen molar-refractivity contribution in [2.45, 2.75) is 18.6 Å². The van der Waals surface area contributed by atoms with Crippen LogP contribution in [0.15, 0.2) is 31.0 Å². The number of anilines is 1. The molecule has 8 heteroatoms. The van der Waals surface area contributed by atoms with Crippen LogP contribution in [0.2, 0.25) is 0 Å². The van der Waals surface area contributed by atoms with E-state index in [1.807, 2.05) is 12.3 Å². The van der Waals surface area contributed by atoms with Gasteiger partial charge in [-0.2, -0.15) is 0 Å². The molecule has 4 heterocycles. The molecular formula is C13H15N7O. The van der Waals surface area contributed by atoms with Gasteiger partial charge in [-0.25, -0.2) is 14.6 Å². The molecule has 0 aliphatic carbocycles. The van der Waals surface area contributed by atoms with Crippen molar-refractivity contribution in [1.29, 1.82) is 0 Å². The van der Waals surface area contributed by atoms with Gasteiger partial charge in [0.2, 0.25) is 0 Å². The fraction of sp³-hybridized carbons (Fsp3) is 0.385. The third kappa shape index (κ3) is 2.13. The summed E-state index contributed by atoms with van der Waals surface area (Å²) < 4.78 is 1.66. The van der Waals surface area contributed by atoms with Crippen LogP contribution in [0.1, 0.15) is 6.42 Å². The van der Waals surface area contributed by atoms with Gasteiger partial charge in [0, 0.05) is 18.9 Å². The lowest BCUT2D eigenvalue weighted by Gasteiger charge is -2.23. The summed E-state index contributed by atoms with van der Waals surface area (Å²) in [5.74, 6) is 0.857. The summed E-state index contributed by atoms with van der Waals surface area (Å²) in [6.45, 7) is 1.71. The summed E-state index contributed by atoms with van der Waals surface area (Å²) in [5, 5.41) is 19.4.